The minimum Gasteiger partial charge on any atom is -0.393 e. The van der Waals surface area contributed by atoms with E-state index >= 15 is 0 Å². The van der Waals surface area contributed by atoms with Crippen LogP contribution in [0.3, 0.4) is 0 Å². The number of nitrogens with one attached hydrogen (secondary N) is 1. The van der Waals surface area contributed by atoms with Crippen molar-refractivity contribution in [2.75, 3.05) is 0 Å². The van der Waals surface area contributed by atoms with Crippen LogP contribution in [0.2, 0.25) is 0 Å². The largest absolute Gasteiger partial charge is 0.393 e. The predicted molar refractivity (Wildman–Crippen MR) is 100 cm³/mol. The van der Waals surface area contributed by atoms with Crippen LogP contribution >= 0.6 is 0 Å². The Morgan fingerprint density at radius 1 is 1.20 bits per heavy atom. The monoisotopic (exact) mass is 340 g/mol. The Morgan fingerprint density at radius 3 is 2.40 bits per heavy atom. The normalized spacial score (nSPS) is 20.8. The number of carbonyl (C=O) groups is 1. The number of rotatable bonds is 5. The van der Waals surface area contributed by atoms with Crippen molar-refractivity contribution >= 4 is 5.91 Å². The number of amides is 1. The number of carbonyl (C=O) groups excluding carboxylic acids is 1. The van der Waals surface area contributed by atoms with Gasteiger partial charge in [0.2, 0.25) is 0 Å². The molecule has 4 heteroatoms. The van der Waals surface area contributed by atoms with E-state index in [9.17, 15) is 9.90 Å². The lowest BCUT2D eigenvalue weighted by atomic mass is 9.76. The van der Waals surface area contributed by atoms with Gasteiger partial charge in [0.25, 0.3) is 5.91 Å². The van der Waals surface area contributed by atoms with Crippen molar-refractivity contribution in [3.05, 3.63) is 52.8 Å². The van der Waals surface area contributed by atoms with E-state index in [1.165, 1.54) is 0 Å². The molecule has 1 aliphatic rings. The van der Waals surface area contributed by atoms with Gasteiger partial charge >= 0.3 is 0 Å². The van der Waals surface area contributed by atoms with Crippen molar-refractivity contribution in [2.45, 2.75) is 59.1 Å². The fourth-order valence-electron chi connectivity index (χ4n) is 3.80. The molecule has 25 heavy (non-hydrogen) atoms. The molecule has 1 unspecified atom stereocenters. The van der Waals surface area contributed by atoms with Crippen LogP contribution in [0.4, 0.5) is 0 Å². The van der Waals surface area contributed by atoms with Crippen LogP contribution in [0.1, 0.15) is 53.5 Å². The number of aryl methyl sites for hydroxylation is 3. The topological polar surface area (TPSA) is 54.3 Å². The van der Waals surface area contributed by atoms with E-state index in [0.29, 0.717) is 11.5 Å². The molecule has 0 bridgehead atoms. The zero-order valence-electron chi connectivity index (χ0n) is 15.5. The third-order valence-corrected chi connectivity index (χ3v) is 5.46. The fraction of sp³-hybridized carbons (Fsp3) is 0.476. The summed E-state index contributed by atoms with van der Waals surface area (Å²) in [6, 6.07) is 10.2. The second-order valence-corrected chi connectivity index (χ2v) is 7.33. The summed E-state index contributed by atoms with van der Waals surface area (Å²) in [7, 11) is 0. The highest BCUT2D eigenvalue weighted by molar-refractivity contribution is 5.95. The summed E-state index contributed by atoms with van der Waals surface area (Å²) in [5, 5.41) is 12.7. The quantitative estimate of drug-likeness (QED) is 0.872. The molecule has 3 rings (SSSR count). The molecule has 1 atom stereocenters. The molecule has 1 aromatic carbocycles. The van der Waals surface area contributed by atoms with Gasteiger partial charge in [-0.15, -0.1) is 0 Å². The predicted octanol–water partition coefficient (Wildman–Crippen LogP) is 3.68. The van der Waals surface area contributed by atoms with Crippen molar-refractivity contribution < 1.29 is 9.90 Å². The molecule has 0 radical (unpaired) electrons. The number of aliphatic hydroxyl groups is 1. The molecule has 1 amide bonds. The zero-order valence-corrected chi connectivity index (χ0v) is 15.5. The number of aliphatic hydroxyl groups excluding tert-OH is 1. The first-order valence-electron chi connectivity index (χ1n) is 9.15. The third kappa shape index (κ3) is 3.49. The average molecular weight is 340 g/mol. The van der Waals surface area contributed by atoms with Crippen molar-refractivity contribution in [1.82, 2.24) is 9.88 Å². The lowest BCUT2D eigenvalue weighted by molar-refractivity contribution is 0.0232. The number of nitrogens with zero attached hydrogens (tertiary/aromatic N) is 1. The summed E-state index contributed by atoms with van der Waals surface area (Å²) >= 11 is 0. The van der Waals surface area contributed by atoms with Crippen LogP contribution in [0.25, 0.3) is 5.69 Å². The summed E-state index contributed by atoms with van der Waals surface area (Å²) < 4.78 is 2.19. The first-order chi connectivity index (χ1) is 11.9. The van der Waals surface area contributed by atoms with E-state index in [4.69, 9.17) is 0 Å². The Bertz CT molecular complexity index is 753. The third-order valence-electron chi connectivity index (χ3n) is 5.46. The van der Waals surface area contributed by atoms with Gasteiger partial charge in [-0.3, -0.25) is 4.79 Å². The molecule has 1 aromatic heterocycles. The number of benzene rings is 1. The van der Waals surface area contributed by atoms with Crippen molar-refractivity contribution in [3.63, 3.8) is 0 Å². The minimum atomic E-state index is -0.193. The Kier molecular flexibility index (Phi) is 5.00. The van der Waals surface area contributed by atoms with Gasteiger partial charge in [0.1, 0.15) is 0 Å². The number of aromatic nitrogens is 1. The fourth-order valence-corrected chi connectivity index (χ4v) is 3.80. The first-order valence-corrected chi connectivity index (χ1v) is 9.15. The molecule has 134 valence electrons. The number of hydrogen-bond acceptors (Lipinski definition) is 2. The van der Waals surface area contributed by atoms with Crippen LogP contribution in [-0.4, -0.2) is 27.7 Å². The minimum absolute atomic E-state index is 0.0306. The number of hydrogen-bond donors (Lipinski definition) is 2. The summed E-state index contributed by atoms with van der Waals surface area (Å²) in [5.74, 6) is 0.361. The SMILES string of the molecule is CCC(NC(=O)c1ccc(C)c(-n2c(C)ccc2C)c1)C1CC(O)C1. The van der Waals surface area contributed by atoms with Crippen molar-refractivity contribution in [2.24, 2.45) is 5.92 Å². The van der Waals surface area contributed by atoms with Crippen molar-refractivity contribution in [3.8, 4) is 5.69 Å². The maximum Gasteiger partial charge on any atom is 0.251 e. The summed E-state index contributed by atoms with van der Waals surface area (Å²) in [6.07, 6.45) is 2.28. The Balaban J connectivity index is 1.83. The Hall–Kier alpha value is -2.07. The molecule has 0 aliphatic heterocycles. The second kappa shape index (κ2) is 7.04. The zero-order chi connectivity index (χ0) is 18.1. The molecular formula is C21H28N2O2. The summed E-state index contributed by atoms with van der Waals surface area (Å²) in [6.45, 7) is 8.31. The van der Waals surface area contributed by atoms with Crippen LogP contribution in [-0.2, 0) is 0 Å². The lowest BCUT2D eigenvalue weighted by Gasteiger charge is -2.37. The highest BCUT2D eigenvalue weighted by Crippen LogP contribution is 2.31. The molecule has 1 saturated carbocycles. The first kappa shape index (κ1) is 17.7. The molecule has 0 spiro atoms. The van der Waals surface area contributed by atoms with Gasteiger partial charge in [-0.05, 0) is 75.8 Å². The summed E-state index contributed by atoms with van der Waals surface area (Å²) in [4.78, 5) is 12.8. The maximum atomic E-state index is 12.8. The van der Waals surface area contributed by atoms with Crippen LogP contribution in [0.15, 0.2) is 30.3 Å². The lowest BCUT2D eigenvalue weighted by Crippen LogP contribution is -2.46. The maximum absolute atomic E-state index is 12.8. The molecule has 4 nitrogen and oxygen atoms in total. The smallest absolute Gasteiger partial charge is 0.251 e. The van der Waals surface area contributed by atoms with Gasteiger partial charge in [0.05, 0.1) is 6.10 Å². The molecule has 2 N–H and O–H groups in total. The van der Waals surface area contributed by atoms with Crippen LogP contribution in [0.5, 0.6) is 0 Å². The Morgan fingerprint density at radius 2 is 1.84 bits per heavy atom. The second-order valence-electron chi connectivity index (χ2n) is 7.33. The van der Waals surface area contributed by atoms with Gasteiger partial charge in [-0.25, -0.2) is 0 Å². The average Bonchev–Trinajstić information content (AvgIpc) is 2.89. The van der Waals surface area contributed by atoms with E-state index < -0.39 is 0 Å². The van der Waals surface area contributed by atoms with Crippen molar-refractivity contribution in [1.29, 1.82) is 0 Å². The molecule has 2 aromatic rings. The van der Waals surface area contributed by atoms with Gasteiger partial charge < -0.3 is 15.0 Å². The Labute approximate surface area is 149 Å². The highest BCUT2D eigenvalue weighted by atomic mass is 16.3. The van der Waals surface area contributed by atoms with E-state index in [1.54, 1.807) is 0 Å². The molecule has 1 heterocycles. The van der Waals surface area contributed by atoms with E-state index in [0.717, 1.165) is 41.9 Å². The van der Waals surface area contributed by atoms with E-state index in [-0.39, 0.29) is 18.1 Å². The summed E-state index contributed by atoms with van der Waals surface area (Å²) in [5.41, 5.74) is 5.21. The van der Waals surface area contributed by atoms with Crippen LogP contribution < -0.4 is 5.32 Å². The van der Waals surface area contributed by atoms with E-state index in [2.05, 4.69) is 49.7 Å². The highest BCUT2D eigenvalue weighted by Gasteiger charge is 2.33. The van der Waals surface area contributed by atoms with Gasteiger partial charge in [-0.2, -0.15) is 0 Å². The molecule has 0 saturated heterocycles. The molecular weight excluding hydrogens is 312 g/mol. The van der Waals surface area contributed by atoms with E-state index in [1.807, 2.05) is 18.2 Å². The van der Waals surface area contributed by atoms with Gasteiger partial charge in [0, 0.05) is 28.7 Å². The molecule has 1 fully saturated rings. The molecule has 1 aliphatic carbocycles. The standard InChI is InChI=1S/C21H28N2O2/c1-5-19(17-10-18(24)11-17)22-21(25)16-9-6-13(2)20(12-16)23-14(3)7-8-15(23)4/h6-9,12,17-19,24H,5,10-11H2,1-4H3,(H,22,25). The van der Waals surface area contributed by atoms with Gasteiger partial charge in [0.15, 0.2) is 0 Å². The van der Waals surface area contributed by atoms with Gasteiger partial charge in [-0.1, -0.05) is 13.0 Å². The van der Waals surface area contributed by atoms with Crippen LogP contribution in [0, 0.1) is 26.7 Å².